The largest absolute Gasteiger partial charge is 0.481 e. The Morgan fingerprint density at radius 2 is 1.86 bits per heavy atom. The van der Waals surface area contributed by atoms with Crippen molar-refractivity contribution in [2.24, 2.45) is 11.8 Å². The van der Waals surface area contributed by atoms with Crippen molar-refractivity contribution in [3.05, 3.63) is 16.0 Å². The van der Waals surface area contributed by atoms with Gasteiger partial charge in [-0.2, -0.15) is 0 Å². The Morgan fingerprint density at radius 3 is 2.55 bits per heavy atom. The fourth-order valence-corrected chi connectivity index (χ4v) is 4.85. The molecule has 2 N–H and O–H groups in total. The fourth-order valence-electron chi connectivity index (χ4n) is 3.59. The zero-order valence-corrected chi connectivity index (χ0v) is 13.1. The molecule has 1 amide bonds. The van der Waals surface area contributed by atoms with Gasteiger partial charge in [-0.25, -0.2) is 0 Å². The van der Waals surface area contributed by atoms with Gasteiger partial charge >= 0.3 is 5.97 Å². The highest BCUT2D eigenvalue weighted by Gasteiger charge is 2.36. The average molecular weight is 321 g/mol. The van der Waals surface area contributed by atoms with Gasteiger partial charge in [0.25, 0.3) is 0 Å². The van der Waals surface area contributed by atoms with Crippen LogP contribution in [0.3, 0.4) is 0 Å². The number of hydrogen-bond acceptors (Lipinski definition) is 4. The summed E-state index contributed by atoms with van der Waals surface area (Å²) in [6, 6.07) is 0. The van der Waals surface area contributed by atoms with Crippen LogP contribution in [-0.4, -0.2) is 23.3 Å². The number of anilines is 1. The molecule has 1 saturated carbocycles. The standard InChI is InChI=1S/C16H19NO4S/c18-8-12-9-6-3-7-13(9)22-15(12)17-14(19)10-4-1-2-5-11(10)16(20)21/h8,10-11H,1-7H2,(H,17,19)(H,20,21). The molecule has 0 spiro atoms. The van der Waals surface area contributed by atoms with E-state index < -0.39 is 17.8 Å². The molecule has 1 aromatic rings. The van der Waals surface area contributed by atoms with E-state index in [1.165, 1.54) is 16.2 Å². The van der Waals surface area contributed by atoms with Gasteiger partial charge in [-0.1, -0.05) is 12.8 Å². The predicted octanol–water partition coefficient (Wildman–Crippen LogP) is 2.88. The van der Waals surface area contributed by atoms with E-state index in [-0.39, 0.29) is 5.91 Å². The van der Waals surface area contributed by atoms with Crippen LogP contribution in [0.15, 0.2) is 0 Å². The number of carbonyl (C=O) groups excluding carboxylic acids is 2. The van der Waals surface area contributed by atoms with Crippen LogP contribution in [0, 0.1) is 11.8 Å². The Balaban J connectivity index is 1.79. The number of aliphatic carboxylic acids is 1. The van der Waals surface area contributed by atoms with Gasteiger partial charge in [-0.3, -0.25) is 14.4 Å². The molecule has 2 aliphatic rings. The van der Waals surface area contributed by atoms with Crippen molar-refractivity contribution < 1.29 is 19.5 Å². The number of thiophene rings is 1. The maximum atomic E-state index is 12.5. The number of nitrogens with one attached hydrogen (secondary N) is 1. The van der Waals surface area contributed by atoms with Gasteiger partial charge < -0.3 is 10.4 Å². The first-order valence-electron chi connectivity index (χ1n) is 7.75. The first-order chi connectivity index (χ1) is 10.6. The van der Waals surface area contributed by atoms with E-state index >= 15 is 0 Å². The van der Waals surface area contributed by atoms with Crippen LogP contribution in [0.4, 0.5) is 5.00 Å². The molecule has 2 aliphatic carbocycles. The Hall–Kier alpha value is -1.69. The van der Waals surface area contributed by atoms with Gasteiger partial charge in [0.05, 0.1) is 17.4 Å². The second kappa shape index (κ2) is 6.20. The first kappa shape index (κ1) is 15.2. The van der Waals surface area contributed by atoms with E-state index in [0.717, 1.165) is 44.0 Å². The molecular formula is C16H19NO4S. The van der Waals surface area contributed by atoms with Gasteiger partial charge in [0.15, 0.2) is 6.29 Å². The molecule has 0 aliphatic heterocycles. The van der Waals surface area contributed by atoms with E-state index in [1.807, 2.05) is 0 Å². The summed E-state index contributed by atoms with van der Waals surface area (Å²) in [5.74, 6) is -2.26. The molecule has 0 bridgehead atoms. The van der Waals surface area contributed by atoms with Crippen molar-refractivity contribution >= 4 is 34.5 Å². The summed E-state index contributed by atoms with van der Waals surface area (Å²) < 4.78 is 0. The summed E-state index contributed by atoms with van der Waals surface area (Å²) in [7, 11) is 0. The molecule has 3 rings (SSSR count). The number of carboxylic acids is 1. The zero-order valence-electron chi connectivity index (χ0n) is 12.3. The molecule has 118 valence electrons. The van der Waals surface area contributed by atoms with Crippen LogP contribution in [-0.2, 0) is 22.4 Å². The minimum Gasteiger partial charge on any atom is -0.481 e. The Kier molecular flexibility index (Phi) is 4.29. The molecule has 6 heteroatoms. The summed E-state index contributed by atoms with van der Waals surface area (Å²) >= 11 is 1.46. The van der Waals surface area contributed by atoms with E-state index in [1.54, 1.807) is 0 Å². The van der Waals surface area contributed by atoms with E-state index in [0.29, 0.717) is 23.4 Å². The topological polar surface area (TPSA) is 83.5 Å². The second-order valence-corrected chi connectivity index (χ2v) is 7.15. The van der Waals surface area contributed by atoms with E-state index in [9.17, 15) is 19.5 Å². The fraction of sp³-hybridized carbons (Fsp3) is 0.562. The van der Waals surface area contributed by atoms with Crippen LogP contribution >= 0.6 is 11.3 Å². The number of aldehydes is 1. The normalized spacial score (nSPS) is 23.8. The first-order valence-corrected chi connectivity index (χ1v) is 8.57. The Morgan fingerprint density at radius 1 is 1.14 bits per heavy atom. The van der Waals surface area contributed by atoms with Crippen LogP contribution in [0.25, 0.3) is 0 Å². The molecule has 1 heterocycles. The molecule has 2 unspecified atom stereocenters. The molecule has 1 aromatic heterocycles. The summed E-state index contributed by atoms with van der Waals surface area (Å²) in [6.45, 7) is 0. The number of hydrogen-bond donors (Lipinski definition) is 2. The number of carbonyl (C=O) groups is 3. The van der Waals surface area contributed by atoms with E-state index in [2.05, 4.69) is 5.32 Å². The number of fused-ring (bicyclic) bond motifs is 1. The highest BCUT2D eigenvalue weighted by atomic mass is 32.1. The van der Waals surface area contributed by atoms with Crippen molar-refractivity contribution in [2.45, 2.75) is 44.9 Å². The highest BCUT2D eigenvalue weighted by molar-refractivity contribution is 7.17. The van der Waals surface area contributed by atoms with Crippen molar-refractivity contribution in [2.75, 3.05) is 5.32 Å². The summed E-state index contributed by atoms with van der Waals surface area (Å²) in [5, 5.41) is 12.7. The zero-order chi connectivity index (χ0) is 15.7. The van der Waals surface area contributed by atoms with Crippen LogP contribution in [0.1, 0.15) is 52.9 Å². The number of rotatable bonds is 4. The molecule has 0 saturated heterocycles. The quantitative estimate of drug-likeness (QED) is 0.835. The molecule has 2 atom stereocenters. The molecule has 22 heavy (non-hydrogen) atoms. The van der Waals surface area contributed by atoms with Gasteiger partial charge in [0.1, 0.15) is 5.00 Å². The third-order valence-corrected chi connectivity index (χ3v) is 5.96. The highest BCUT2D eigenvalue weighted by Crippen LogP contribution is 2.39. The minimum absolute atomic E-state index is 0.255. The Labute approximate surface area is 132 Å². The van der Waals surface area contributed by atoms with Gasteiger partial charge in [-0.15, -0.1) is 11.3 Å². The summed E-state index contributed by atoms with van der Waals surface area (Å²) in [5.41, 5.74) is 1.65. The lowest BCUT2D eigenvalue weighted by Gasteiger charge is -2.27. The SMILES string of the molecule is O=Cc1c(NC(=O)C2CCCCC2C(=O)O)sc2c1CCC2. The summed E-state index contributed by atoms with van der Waals surface area (Å²) in [4.78, 5) is 36.3. The Bertz CT molecular complexity index is 622. The minimum atomic E-state index is -0.899. The predicted molar refractivity (Wildman–Crippen MR) is 83.4 cm³/mol. The maximum absolute atomic E-state index is 12.5. The number of aryl methyl sites for hydroxylation is 1. The molecule has 0 radical (unpaired) electrons. The van der Waals surface area contributed by atoms with Crippen molar-refractivity contribution in [1.82, 2.24) is 0 Å². The maximum Gasteiger partial charge on any atom is 0.307 e. The van der Waals surface area contributed by atoms with Crippen molar-refractivity contribution in [1.29, 1.82) is 0 Å². The third-order valence-electron chi connectivity index (χ3n) is 4.74. The van der Waals surface area contributed by atoms with Gasteiger partial charge in [-0.05, 0) is 37.7 Å². The van der Waals surface area contributed by atoms with Crippen LogP contribution in [0.5, 0.6) is 0 Å². The monoisotopic (exact) mass is 321 g/mol. The molecule has 1 fully saturated rings. The van der Waals surface area contributed by atoms with Gasteiger partial charge in [0, 0.05) is 4.88 Å². The number of carboxylic acid groups (broad SMARTS) is 1. The van der Waals surface area contributed by atoms with Crippen molar-refractivity contribution in [3.8, 4) is 0 Å². The second-order valence-electron chi connectivity index (χ2n) is 6.04. The van der Waals surface area contributed by atoms with Crippen molar-refractivity contribution in [3.63, 3.8) is 0 Å². The van der Waals surface area contributed by atoms with E-state index in [4.69, 9.17) is 0 Å². The average Bonchev–Trinajstić information content (AvgIpc) is 3.07. The molecule has 5 nitrogen and oxygen atoms in total. The lowest BCUT2D eigenvalue weighted by molar-refractivity contribution is -0.147. The smallest absolute Gasteiger partial charge is 0.307 e. The van der Waals surface area contributed by atoms with Crippen LogP contribution in [0.2, 0.25) is 0 Å². The third kappa shape index (κ3) is 2.67. The lowest BCUT2D eigenvalue weighted by atomic mass is 9.79. The van der Waals surface area contributed by atoms with Crippen LogP contribution < -0.4 is 5.32 Å². The molecular weight excluding hydrogens is 302 g/mol. The summed E-state index contributed by atoms with van der Waals surface area (Å²) in [6.07, 6.45) is 6.59. The van der Waals surface area contributed by atoms with Gasteiger partial charge in [0.2, 0.25) is 5.91 Å². The molecule has 0 aromatic carbocycles. The lowest BCUT2D eigenvalue weighted by Crippen LogP contribution is -2.36. The number of amides is 1.